The van der Waals surface area contributed by atoms with Crippen LogP contribution in [0.3, 0.4) is 0 Å². The molecule has 2 aromatic heterocycles. The molecule has 0 spiro atoms. The second-order valence-corrected chi connectivity index (χ2v) is 3.99. The Bertz CT molecular complexity index is 681. The molecular weight excluding hydrogens is 276 g/mol. The van der Waals surface area contributed by atoms with Gasteiger partial charge < -0.3 is 15.2 Å². The number of methoxy groups -OCH3 is 1. The summed E-state index contributed by atoms with van der Waals surface area (Å²) >= 11 is 0. The lowest BCUT2D eigenvalue weighted by molar-refractivity contribution is 0.0519. The summed E-state index contributed by atoms with van der Waals surface area (Å²) in [5.74, 6) is -0.776. The Morgan fingerprint density at radius 3 is 2.81 bits per heavy atom. The maximum absolute atomic E-state index is 11.7. The van der Waals surface area contributed by atoms with Gasteiger partial charge in [-0.25, -0.2) is 19.3 Å². The number of aromatic nitrogens is 3. The summed E-state index contributed by atoms with van der Waals surface area (Å²) in [5.41, 5.74) is 6.21. The summed E-state index contributed by atoms with van der Waals surface area (Å²) in [6, 6.07) is 2.99. The first-order chi connectivity index (χ1) is 10.1. The molecule has 0 saturated carbocycles. The Hall–Kier alpha value is -2.90. The summed E-state index contributed by atoms with van der Waals surface area (Å²) in [7, 11) is 1.28. The van der Waals surface area contributed by atoms with E-state index in [9.17, 15) is 9.59 Å². The van der Waals surface area contributed by atoms with Crippen molar-refractivity contribution in [2.75, 3.05) is 19.5 Å². The molecule has 0 aliphatic carbocycles. The van der Waals surface area contributed by atoms with Gasteiger partial charge in [-0.2, -0.15) is 5.10 Å². The first-order valence-electron chi connectivity index (χ1n) is 6.13. The molecule has 2 heterocycles. The predicted molar refractivity (Wildman–Crippen MR) is 73.1 cm³/mol. The molecule has 0 aliphatic heterocycles. The fraction of sp³-hybridized carbons (Fsp3) is 0.231. The maximum Gasteiger partial charge on any atom is 0.361 e. The number of rotatable bonds is 4. The van der Waals surface area contributed by atoms with E-state index in [-0.39, 0.29) is 18.0 Å². The normalized spacial score (nSPS) is 10.2. The fourth-order valence-electron chi connectivity index (χ4n) is 1.65. The van der Waals surface area contributed by atoms with Crippen LogP contribution in [0.4, 0.5) is 5.69 Å². The SMILES string of the molecule is CCOC(=O)c1nn(-c2cc(C(=O)OC)ccn2)cc1N. The molecule has 21 heavy (non-hydrogen) atoms. The van der Waals surface area contributed by atoms with Crippen LogP contribution >= 0.6 is 0 Å². The molecule has 8 nitrogen and oxygen atoms in total. The number of anilines is 1. The second-order valence-electron chi connectivity index (χ2n) is 3.99. The molecular formula is C13H14N4O4. The van der Waals surface area contributed by atoms with Gasteiger partial charge in [0.05, 0.1) is 31.2 Å². The number of nitrogens with two attached hydrogens (primary N) is 1. The minimum absolute atomic E-state index is 0.00196. The third-order valence-electron chi connectivity index (χ3n) is 2.61. The van der Waals surface area contributed by atoms with Gasteiger partial charge in [-0.1, -0.05) is 0 Å². The molecule has 2 N–H and O–H groups in total. The predicted octanol–water partition coefficient (Wildman–Crippen LogP) is 0.813. The minimum Gasteiger partial charge on any atom is -0.465 e. The van der Waals surface area contributed by atoms with Crippen LogP contribution in [0, 0.1) is 0 Å². The first kappa shape index (κ1) is 14.5. The minimum atomic E-state index is -0.613. The maximum atomic E-state index is 11.7. The molecule has 0 atom stereocenters. The largest absolute Gasteiger partial charge is 0.465 e. The highest BCUT2D eigenvalue weighted by Gasteiger charge is 2.17. The molecule has 8 heteroatoms. The van der Waals surface area contributed by atoms with Crippen molar-refractivity contribution in [3.05, 3.63) is 35.8 Å². The van der Waals surface area contributed by atoms with E-state index in [0.29, 0.717) is 11.4 Å². The number of nitrogens with zero attached hydrogens (tertiary/aromatic N) is 3. The summed E-state index contributed by atoms with van der Waals surface area (Å²) < 4.78 is 10.8. The molecule has 0 aliphatic rings. The molecule has 0 saturated heterocycles. The third-order valence-corrected chi connectivity index (χ3v) is 2.61. The number of carbonyl (C=O) groups is 2. The van der Waals surface area contributed by atoms with Crippen molar-refractivity contribution in [2.24, 2.45) is 0 Å². The Balaban J connectivity index is 2.37. The number of pyridine rings is 1. The Kier molecular flexibility index (Phi) is 4.17. The van der Waals surface area contributed by atoms with Crippen LogP contribution in [0.15, 0.2) is 24.5 Å². The van der Waals surface area contributed by atoms with E-state index < -0.39 is 11.9 Å². The van der Waals surface area contributed by atoms with E-state index in [0.717, 1.165) is 0 Å². The molecule has 0 unspecified atom stereocenters. The van der Waals surface area contributed by atoms with Crippen LogP contribution in [-0.2, 0) is 9.47 Å². The average Bonchev–Trinajstić information content (AvgIpc) is 2.89. The van der Waals surface area contributed by atoms with Crippen LogP contribution in [-0.4, -0.2) is 40.4 Å². The molecule has 0 aromatic carbocycles. The van der Waals surface area contributed by atoms with Gasteiger partial charge in [0.15, 0.2) is 11.5 Å². The lowest BCUT2D eigenvalue weighted by Crippen LogP contribution is -2.09. The van der Waals surface area contributed by atoms with Gasteiger partial charge >= 0.3 is 11.9 Å². The van der Waals surface area contributed by atoms with Crippen LogP contribution in [0.5, 0.6) is 0 Å². The monoisotopic (exact) mass is 290 g/mol. The zero-order chi connectivity index (χ0) is 15.4. The topological polar surface area (TPSA) is 109 Å². The molecule has 2 aromatic rings. The summed E-state index contributed by atoms with van der Waals surface area (Å²) in [6.45, 7) is 1.91. The second kappa shape index (κ2) is 6.04. The zero-order valence-electron chi connectivity index (χ0n) is 11.6. The number of ether oxygens (including phenoxy) is 2. The molecule has 0 bridgehead atoms. The highest BCUT2D eigenvalue weighted by atomic mass is 16.5. The van der Waals surface area contributed by atoms with Gasteiger partial charge in [-0.3, -0.25) is 0 Å². The number of hydrogen-bond donors (Lipinski definition) is 1. The number of esters is 2. The van der Waals surface area contributed by atoms with Crippen molar-refractivity contribution in [1.82, 2.24) is 14.8 Å². The Morgan fingerprint density at radius 2 is 2.14 bits per heavy atom. The quantitative estimate of drug-likeness (QED) is 0.830. The zero-order valence-corrected chi connectivity index (χ0v) is 11.6. The molecule has 0 amide bonds. The van der Waals surface area contributed by atoms with E-state index in [1.165, 1.54) is 36.3 Å². The van der Waals surface area contributed by atoms with Crippen LogP contribution in [0.2, 0.25) is 0 Å². The molecule has 0 fully saturated rings. The van der Waals surface area contributed by atoms with Crippen LogP contribution in [0.25, 0.3) is 5.82 Å². The van der Waals surface area contributed by atoms with Gasteiger partial charge in [-0.05, 0) is 19.1 Å². The highest BCUT2D eigenvalue weighted by Crippen LogP contribution is 2.15. The number of hydrogen-bond acceptors (Lipinski definition) is 7. The van der Waals surface area contributed by atoms with Gasteiger partial charge in [-0.15, -0.1) is 0 Å². The average molecular weight is 290 g/mol. The van der Waals surface area contributed by atoms with Crippen molar-refractivity contribution < 1.29 is 19.1 Å². The smallest absolute Gasteiger partial charge is 0.361 e. The van der Waals surface area contributed by atoms with Crippen molar-refractivity contribution >= 4 is 17.6 Å². The molecule has 0 radical (unpaired) electrons. The lowest BCUT2D eigenvalue weighted by Gasteiger charge is -2.03. The number of nitrogen functional groups attached to an aromatic ring is 1. The molecule has 2 rings (SSSR count). The van der Waals surface area contributed by atoms with Crippen molar-refractivity contribution in [3.8, 4) is 5.82 Å². The van der Waals surface area contributed by atoms with E-state index in [4.69, 9.17) is 10.5 Å². The molecule has 110 valence electrons. The summed E-state index contributed by atoms with van der Waals surface area (Å²) in [5, 5.41) is 4.03. The Morgan fingerprint density at radius 1 is 1.38 bits per heavy atom. The van der Waals surface area contributed by atoms with Gasteiger partial charge in [0.25, 0.3) is 0 Å². The van der Waals surface area contributed by atoms with Gasteiger partial charge in [0, 0.05) is 6.20 Å². The summed E-state index contributed by atoms with van der Waals surface area (Å²) in [4.78, 5) is 27.2. The van der Waals surface area contributed by atoms with Crippen molar-refractivity contribution in [3.63, 3.8) is 0 Å². The van der Waals surface area contributed by atoms with E-state index in [2.05, 4.69) is 14.8 Å². The van der Waals surface area contributed by atoms with Gasteiger partial charge in [0.1, 0.15) is 0 Å². The third kappa shape index (κ3) is 2.99. The lowest BCUT2D eigenvalue weighted by atomic mass is 10.2. The van der Waals surface area contributed by atoms with E-state index in [1.807, 2.05) is 0 Å². The van der Waals surface area contributed by atoms with Crippen LogP contribution in [0.1, 0.15) is 27.8 Å². The van der Waals surface area contributed by atoms with Gasteiger partial charge in [0.2, 0.25) is 0 Å². The van der Waals surface area contributed by atoms with Crippen LogP contribution < -0.4 is 5.73 Å². The van der Waals surface area contributed by atoms with E-state index >= 15 is 0 Å². The van der Waals surface area contributed by atoms with E-state index in [1.54, 1.807) is 6.92 Å². The standard InChI is InChI=1S/C13H14N4O4/c1-3-21-13(19)11-9(14)7-17(16-11)10-6-8(4-5-15-10)12(18)20-2/h4-7H,3,14H2,1-2H3. The van der Waals surface area contributed by atoms with Crippen molar-refractivity contribution in [1.29, 1.82) is 0 Å². The van der Waals surface area contributed by atoms with Crippen molar-refractivity contribution in [2.45, 2.75) is 6.92 Å². The number of carbonyl (C=O) groups excluding carboxylic acids is 2. The fourth-order valence-corrected chi connectivity index (χ4v) is 1.65. The highest BCUT2D eigenvalue weighted by molar-refractivity contribution is 5.93. The Labute approximate surface area is 120 Å². The first-order valence-corrected chi connectivity index (χ1v) is 6.13. The summed E-state index contributed by atoms with van der Waals surface area (Å²) in [6.07, 6.45) is 2.86.